The minimum atomic E-state index is -3.77. The summed E-state index contributed by atoms with van der Waals surface area (Å²) in [5.74, 6) is -0.385. The first kappa shape index (κ1) is 24.5. The number of hydrogen-bond donors (Lipinski definition) is 1. The molecule has 0 saturated heterocycles. The number of carbonyl (C=O) groups excluding carboxylic acids is 1. The Morgan fingerprint density at radius 2 is 1.53 bits per heavy atom. The molecule has 0 aliphatic rings. The summed E-state index contributed by atoms with van der Waals surface area (Å²) in [6.07, 6.45) is 1.34. The molecular formula is C22H28Cl2N2O3S. The first-order valence-electron chi connectivity index (χ1n) is 9.68. The number of benzene rings is 2. The van der Waals surface area contributed by atoms with E-state index in [1.807, 2.05) is 27.7 Å². The number of carbonyl (C=O) groups is 1. The van der Waals surface area contributed by atoms with Gasteiger partial charge in [-0.05, 0) is 74.6 Å². The number of nitrogens with zero attached hydrogens (tertiary/aromatic N) is 1. The van der Waals surface area contributed by atoms with Crippen LogP contribution in [0.3, 0.4) is 0 Å². The molecule has 2 aromatic carbocycles. The molecule has 30 heavy (non-hydrogen) atoms. The summed E-state index contributed by atoms with van der Waals surface area (Å²) in [4.78, 5) is 13.2. The molecule has 8 heteroatoms. The summed E-state index contributed by atoms with van der Waals surface area (Å²) in [7, 11) is -3.77. The third-order valence-corrected chi connectivity index (χ3v) is 6.76. The van der Waals surface area contributed by atoms with E-state index < -0.39 is 16.1 Å². The molecule has 1 N–H and O–H groups in total. The number of amides is 1. The number of aryl methyl sites for hydroxylation is 3. The average molecular weight is 471 g/mol. The van der Waals surface area contributed by atoms with Gasteiger partial charge in [0.1, 0.15) is 6.04 Å². The second-order valence-corrected chi connectivity index (χ2v) is 10.4. The van der Waals surface area contributed by atoms with Gasteiger partial charge in [-0.2, -0.15) is 0 Å². The van der Waals surface area contributed by atoms with Gasteiger partial charge in [-0.3, -0.25) is 9.10 Å². The summed E-state index contributed by atoms with van der Waals surface area (Å²) in [5.41, 5.74) is 4.64. The molecule has 2 rings (SSSR count). The lowest BCUT2D eigenvalue weighted by molar-refractivity contribution is -0.122. The third kappa shape index (κ3) is 5.68. The van der Waals surface area contributed by atoms with E-state index in [2.05, 4.69) is 17.4 Å². The highest BCUT2D eigenvalue weighted by atomic mass is 35.5. The Labute approximate surface area is 189 Å². The predicted octanol–water partition coefficient (Wildman–Crippen LogP) is 5.34. The van der Waals surface area contributed by atoms with E-state index in [0.717, 1.165) is 27.3 Å². The number of sulfonamides is 1. The zero-order valence-electron chi connectivity index (χ0n) is 18.1. The van der Waals surface area contributed by atoms with Crippen LogP contribution in [0.5, 0.6) is 0 Å². The van der Waals surface area contributed by atoms with E-state index >= 15 is 0 Å². The number of hydrogen-bond acceptors (Lipinski definition) is 3. The first-order chi connectivity index (χ1) is 13.8. The molecule has 2 atom stereocenters. The average Bonchev–Trinajstić information content (AvgIpc) is 2.60. The lowest BCUT2D eigenvalue weighted by Crippen LogP contribution is -2.49. The smallest absolute Gasteiger partial charge is 0.244 e. The maximum absolute atomic E-state index is 13.2. The predicted molar refractivity (Wildman–Crippen MR) is 125 cm³/mol. The SMILES string of the molecule is CC[C@@H](C(=O)N[C@H](C)c1cc(C)c(C)cc1C)N(c1cc(Cl)cc(Cl)c1)S(C)(=O)=O. The van der Waals surface area contributed by atoms with Gasteiger partial charge in [0.25, 0.3) is 0 Å². The topological polar surface area (TPSA) is 66.5 Å². The highest BCUT2D eigenvalue weighted by Crippen LogP contribution is 2.30. The van der Waals surface area contributed by atoms with Crippen LogP contribution in [0.2, 0.25) is 10.0 Å². The van der Waals surface area contributed by atoms with Crippen LogP contribution >= 0.6 is 23.2 Å². The molecule has 0 spiro atoms. The molecular weight excluding hydrogens is 443 g/mol. The maximum Gasteiger partial charge on any atom is 0.244 e. The molecule has 0 heterocycles. The van der Waals surface area contributed by atoms with E-state index in [0.29, 0.717) is 10.0 Å². The molecule has 164 valence electrons. The monoisotopic (exact) mass is 470 g/mol. The lowest BCUT2D eigenvalue weighted by atomic mass is 9.96. The Balaban J connectivity index is 2.40. The number of halogens is 2. The minimum absolute atomic E-state index is 0.256. The fourth-order valence-corrected chi connectivity index (χ4v) is 5.27. The minimum Gasteiger partial charge on any atom is -0.348 e. The molecule has 2 aromatic rings. The number of rotatable bonds is 7. The summed E-state index contributed by atoms with van der Waals surface area (Å²) in [5, 5.41) is 3.56. The Bertz CT molecular complexity index is 1030. The van der Waals surface area contributed by atoms with Crippen molar-refractivity contribution in [1.29, 1.82) is 0 Å². The highest BCUT2D eigenvalue weighted by Gasteiger charge is 2.32. The van der Waals surface area contributed by atoms with Crippen molar-refractivity contribution >= 4 is 44.8 Å². The Hall–Kier alpha value is -1.76. The van der Waals surface area contributed by atoms with Crippen molar-refractivity contribution in [3.63, 3.8) is 0 Å². The van der Waals surface area contributed by atoms with Gasteiger partial charge >= 0.3 is 0 Å². The molecule has 0 aromatic heterocycles. The largest absolute Gasteiger partial charge is 0.348 e. The van der Waals surface area contributed by atoms with E-state index in [1.54, 1.807) is 6.92 Å². The third-order valence-electron chi connectivity index (χ3n) is 5.14. The molecule has 0 bridgehead atoms. The van der Waals surface area contributed by atoms with Crippen molar-refractivity contribution in [1.82, 2.24) is 5.32 Å². The number of anilines is 1. The van der Waals surface area contributed by atoms with Crippen LogP contribution in [0.25, 0.3) is 0 Å². The van der Waals surface area contributed by atoms with Crippen LogP contribution in [0, 0.1) is 20.8 Å². The van der Waals surface area contributed by atoms with Crippen LogP contribution in [-0.4, -0.2) is 26.6 Å². The van der Waals surface area contributed by atoms with Crippen molar-refractivity contribution in [2.75, 3.05) is 10.6 Å². The summed E-state index contributed by atoms with van der Waals surface area (Å²) < 4.78 is 26.3. The molecule has 0 fully saturated rings. The zero-order chi connectivity index (χ0) is 22.8. The van der Waals surface area contributed by atoms with E-state index in [1.165, 1.54) is 23.8 Å². The van der Waals surface area contributed by atoms with Crippen molar-refractivity contribution in [2.24, 2.45) is 0 Å². The quantitative estimate of drug-likeness (QED) is 0.593. The summed E-state index contributed by atoms with van der Waals surface area (Å²) in [6.45, 7) is 9.72. The fraction of sp³-hybridized carbons (Fsp3) is 0.409. The summed E-state index contributed by atoms with van der Waals surface area (Å²) in [6, 6.07) is 7.41. The second kappa shape index (κ2) is 9.58. The van der Waals surface area contributed by atoms with Crippen LogP contribution in [0.1, 0.15) is 48.6 Å². The Morgan fingerprint density at radius 3 is 2.03 bits per heavy atom. The van der Waals surface area contributed by atoms with Crippen molar-refractivity contribution in [3.05, 3.63) is 62.6 Å². The van der Waals surface area contributed by atoms with Gasteiger partial charge in [-0.15, -0.1) is 0 Å². The highest BCUT2D eigenvalue weighted by molar-refractivity contribution is 7.92. The van der Waals surface area contributed by atoms with Crippen LogP contribution in [0.15, 0.2) is 30.3 Å². The fourth-order valence-electron chi connectivity index (χ4n) is 3.56. The molecule has 0 aliphatic heterocycles. The van der Waals surface area contributed by atoms with Gasteiger partial charge in [0.2, 0.25) is 15.9 Å². The van der Waals surface area contributed by atoms with Gasteiger partial charge in [0.05, 0.1) is 18.0 Å². The Morgan fingerprint density at radius 1 is 1.00 bits per heavy atom. The van der Waals surface area contributed by atoms with E-state index in [4.69, 9.17) is 23.2 Å². The van der Waals surface area contributed by atoms with Gasteiger partial charge in [-0.1, -0.05) is 42.3 Å². The number of nitrogens with one attached hydrogen (secondary N) is 1. The molecule has 0 aliphatic carbocycles. The first-order valence-corrected chi connectivity index (χ1v) is 12.3. The van der Waals surface area contributed by atoms with Crippen LogP contribution in [0.4, 0.5) is 5.69 Å². The van der Waals surface area contributed by atoms with Gasteiger partial charge < -0.3 is 5.32 Å². The molecule has 5 nitrogen and oxygen atoms in total. The zero-order valence-corrected chi connectivity index (χ0v) is 20.4. The normalized spacial score (nSPS) is 13.6. The van der Waals surface area contributed by atoms with Gasteiger partial charge in [0, 0.05) is 10.0 Å². The molecule has 0 radical (unpaired) electrons. The van der Waals surface area contributed by atoms with Crippen molar-refractivity contribution in [3.8, 4) is 0 Å². The van der Waals surface area contributed by atoms with E-state index in [9.17, 15) is 13.2 Å². The van der Waals surface area contributed by atoms with Crippen LogP contribution < -0.4 is 9.62 Å². The molecule has 0 unspecified atom stereocenters. The molecule has 1 amide bonds. The standard InChI is InChI=1S/C22H28Cl2N2O3S/c1-7-21(26(30(6,28)29)19-11-17(23)10-18(24)12-19)22(27)25-16(5)20-9-14(3)13(2)8-15(20)4/h8-12,16,21H,7H2,1-6H3,(H,25,27)/t16-,21+/m1/s1. The van der Waals surface area contributed by atoms with Crippen LogP contribution in [-0.2, 0) is 14.8 Å². The second-order valence-electron chi connectivity index (χ2n) is 7.63. The van der Waals surface area contributed by atoms with Gasteiger partial charge in [-0.25, -0.2) is 8.42 Å². The van der Waals surface area contributed by atoms with E-state index in [-0.39, 0.29) is 24.1 Å². The van der Waals surface area contributed by atoms with Crippen molar-refractivity contribution < 1.29 is 13.2 Å². The Kier molecular flexibility index (Phi) is 7.83. The maximum atomic E-state index is 13.2. The van der Waals surface area contributed by atoms with Crippen molar-refractivity contribution in [2.45, 2.75) is 53.1 Å². The molecule has 0 saturated carbocycles. The summed E-state index contributed by atoms with van der Waals surface area (Å²) >= 11 is 12.1. The lowest BCUT2D eigenvalue weighted by Gasteiger charge is -2.31. The van der Waals surface area contributed by atoms with Gasteiger partial charge in [0.15, 0.2) is 0 Å².